The molecule has 0 radical (unpaired) electrons. The van der Waals surface area contributed by atoms with E-state index in [0.29, 0.717) is 11.0 Å². The van der Waals surface area contributed by atoms with Crippen molar-refractivity contribution in [2.45, 2.75) is 5.88 Å². The van der Waals surface area contributed by atoms with Crippen molar-refractivity contribution in [1.82, 2.24) is 9.97 Å². The molecule has 0 aliphatic heterocycles. The van der Waals surface area contributed by atoms with Gasteiger partial charge in [0.25, 0.3) is 0 Å². The number of hydrogen-bond acceptors (Lipinski definition) is 2. The van der Waals surface area contributed by atoms with Crippen LogP contribution in [0.25, 0.3) is 11.3 Å². The molecule has 0 unspecified atom stereocenters. The maximum Gasteiger partial charge on any atom is 0.130 e. The van der Waals surface area contributed by atoms with Crippen LogP contribution in [0.1, 0.15) is 5.56 Å². The molecule has 2 heterocycles. The summed E-state index contributed by atoms with van der Waals surface area (Å²) in [5.41, 5.74) is 2.69. The summed E-state index contributed by atoms with van der Waals surface area (Å²) < 4.78 is 0. The molecule has 0 fully saturated rings. The SMILES string of the molecule is ClCc1cc(Cl)nc(-c2cccnc2)c1. The van der Waals surface area contributed by atoms with Gasteiger partial charge in [0.05, 0.1) is 5.69 Å². The molecule has 15 heavy (non-hydrogen) atoms. The number of aromatic nitrogens is 2. The summed E-state index contributed by atoms with van der Waals surface area (Å²) >= 11 is 11.6. The van der Waals surface area contributed by atoms with E-state index in [1.165, 1.54) is 0 Å². The normalized spacial score (nSPS) is 10.3. The third kappa shape index (κ3) is 2.46. The van der Waals surface area contributed by atoms with Gasteiger partial charge >= 0.3 is 0 Å². The van der Waals surface area contributed by atoms with Gasteiger partial charge < -0.3 is 0 Å². The molecule has 0 saturated heterocycles. The maximum absolute atomic E-state index is 5.89. The lowest BCUT2D eigenvalue weighted by Crippen LogP contribution is -1.88. The van der Waals surface area contributed by atoms with Gasteiger partial charge in [-0.25, -0.2) is 4.98 Å². The molecular weight excluding hydrogens is 231 g/mol. The average molecular weight is 239 g/mol. The molecule has 0 saturated carbocycles. The third-order valence-corrected chi connectivity index (χ3v) is 2.47. The van der Waals surface area contributed by atoms with E-state index in [1.54, 1.807) is 18.5 Å². The quantitative estimate of drug-likeness (QED) is 0.591. The highest BCUT2D eigenvalue weighted by Gasteiger charge is 2.03. The summed E-state index contributed by atoms with van der Waals surface area (Å²) in [5.74, 6) is 0.426. The van der Waals surface area contributed by atoms with Gasteiger partial charge in [-0.1, -0.05) is 11.6 Å². The van der Waals surface area contributed by atoms with Crippen molar-refractivity contribution >= 4 is 23.2 Å². The lowest BCUT2D eigenvalue weighted by atomic mass is 10.1. The zero-order valence-electron chi connectivity index (χ0n) is 7.82. The lowest BCUT2D eigenvalue weighted by molar-refractivity contribution is 1.25. The monoisotopic (exact) mass is 238 g/mol. The molecule has 0 N–H and O–H groups in total. The van der Waals surface area contributed by atoms with E-state index in [9.17, 15) is 0 Å². The van der Waals surface area contributed by atoms with E-state index in [0.717, 1.165) is 16.8 Å². The third-order valence-electron chi connectivity index (χ3n) is 1.97. The first-order valence-corrected chi connectivity index (χ1v) is 5.33. The molecule has 0 amide bonds. The zero-order valence-corrected chi connectivity index (χ0v) is 9.33. The fourth-order valence-electron chi connectivity index (χ4n) is 1.29. The second-order valence-electron chi connectivity index (χ2n) is 3.06. The Labute approximate surface area is 97.9 Å². The Morgan fingerprint density at radius 1 is 1.27 bits per heavy atom. The smallest absolute Gasteiger partial charge is 0.130 e. The summed E-state index contributed by atoms with van der Waals surface area (Å²) in [6, 6.07) is 7.46. The highest BCUT2D eigenvalue weighted by Crippen LogP contribution is 2.21. The van der Waals surface area contributed by atoms with Crippen molar-refractivity contribution in [2.75, 3.05) is 0 Å². The van der Waals surface area contributed by atoms with Crippen molar-refractivity contribution in [3.8, 4) is 11.3 Å². The van der Waals surface area contributed by atoms with Crippen molar-refractivity contribution in [3.05, 3.63) is 47.4 Å². The van der Waals surface area contributed by atoms with E-state index in [1.807, 2.05) is 18.2 Å². The molecule has 0 aliphatic rings. The average Bonchev–Trinajstić information content (AvgIpc) is 2.29. The van der Waals surface area contributed by atoms with Crippen LogP contribution >= 0.6 is 23.2 Å². The van der Waals surface area contributed by atoms with Crippen LogP contribution < -0.4 is 0 Å². The Morgan fingerprint density at radius 2 is 2.13 bits per heavy atom. The van der Waals surface area contributed by atoms with Gasteiger partial charge in [-0.15, -0.1) is 11.6 Å². The number of alkyl halides is 1. The van der Waals surface area contributed by atoms with Gasteiger partial charge in [-0.2, -0.15) is 0 Å². The minimum atomic E-state index is 0.426. The summed E-state index contributed by atoms with van der Waals surface area (Å²) in [5, 5.41) is 0.451. The zero-order chi connectivity index (χ0) is 10.7. The summed E-state index contributed by atoms with van der Waals surface area (Å²) in [6.45, 7) is 0. The van der Waals surface area contributed by atoms with Crippen molar-refractivity contribution in [3.63, 3.8) is 0 Å². The number of nitrogens with zero attached hydrogens (tertiary/aromatic N) is 2. The maximum atomic E-state index is 5.89. The number of halogens is 2. The van der Waals surface area contributed by atoms with Crippen LogP contribution in [0.15, 0.2) is 36.7 Å². The first-order chi connectivity index (χ1) is 7.29. The van der Waals surface area contributed by atoms with Gasteiger partial charge in [0.15, 0.2) is 0 Å². The van der Waals surface area contributed by atoms with Gasteiger partial charge in [0.1, 0.15) is 5.15 Å². The molecule has 76 valence electrons. The molecule has 2 aromatic heterocycles. The van der Waals surface area contributed by atoms with E-state index >= 15 is 0 Å². The first-order valence-electron chi connectivity index (χ1n) is 4.42. The van der Waals surface area contributed by atoms with Crippen LogP contribution in [0.3, 0.4) is 0 Å². The summed E-state index contributed by atoms with van der Waals surface area (Å²) in [7, 11) is 0. The molecule has 0 aliphatic carbocycles. The Hall–Kier alpha value is -1.12. The topological polar surface area (TPSA) is 25.8 Å². The molecule has 0 aromatic carbocycles. The lowest BCUT2D eigenvalue weighted by Gasteiger charge is -2.03. The molecule has 4 heteroatoms. The predicted octanol–water partition coefficient (Wildman–Crippen LogP) is 3.54. The van der Waals surface area contributed by atoms with Gasteiger partial charge in [0, 0.05) is 23.8 Å². The fraction of sp³-hybridized carbons (Fsp3) is 0.0909. The molecule has 0 bridgehead atoms. The summed E-state index contributed by atoms with van der Waals surface area (Å²) in [6.07, 6.45) is 3.47. The second-order valence-corrected chi connectivity index (χ2v) is 3.71. The van der Waals surface area contributed by atoms with E-state index in [-0.39, 0.29) is 0 Å². The Morgan fingerprint density at radius 3 is 2.80 bits per heavy atom. The molecule has 0 atom stereocenters. The van der Waals surface area contributed by atoms with E-state index in [4.69, 9.17) is 23.2 Å². The van der Waals surface area contributed by atoms with Crippen LogP contribution in [-0.2, 0) is 5.88 Å². The van der Waals surface area contributed by atoms with Crippen molar-refractivity contribution in [1.29, 1.82) is 0 Å². The molecule has 2 rings (SSSR count). The van der Waals surface area contributed by atoms with Crippen LogP contribution in [-0.4, -0.2) is 9.97 Å². The second kappa shape index (κ2) is 4.60. The van der Waals surface area contributed by atoms with Crippen LogP contribution in [0.5, 0.6) is 0 Å². The minimum absolute atomic E-state index is 0.426. The number of hydrogen-bond donors (Lipinski definition) is 0. The Bertz CT molecular complexity index is 457. The van der Waals surface area contributed by atoms with E-state index in [2.05, 4.69) is 9.97 Å². The molecule has 0 spiro atoms. The van der Waals surface area contributed by atoms with Crippen molar-refractivity contribution in [2.24, 2.45) is 0 Å². The Balaban J connectivity index is 2.49. The number of pyridine rings is 2. The summed E-state index contributed by atoms with van der Waals surface area (Å²) in [4.78, 5) is 8.25. The predicted molar refractivity (Wildman–Crippen MR) is 62.0 cm³/mol. The first kappa shape index (κ1) is 10.4. The molecular formula is C11H8Cl2N2. The number of rotatable bonds is 2. The minimum Gasteiger partial charge on any atom is -0.264 e. The largest absolute Gasteiger partial charge is 0.264 e. The fourth-order valence-corrected chi connectivity index (χ4v) is 1.67. The standard InChI is InChI=1S/C11H8Cl2N2/c12-6-8-4-10(15-11(13)5-8)9-2-1-3-14-7-9/h1-5,7H,6H2. The van der Waals surface area contributed by atoms with Crippen molar-refractivity contribution < 1.29 is 0 Å². The molecule has 2 aromatic rings. The Kier molecular flexibility index (Phi) is 3.19. The van der Waals surface area contributed by atoms with E-state index < -0.39 is 0 Å². The van der Waals surface area contributed by atoms with Crippen LogP contribution in [0, 0.1) is 0 Å². The highest BCUT2D eigenvalue weighted by molar-refractivity contribution is 6.29. The van der Waals surface area contributed by atoms with Crippen LogP contribution in [0.4, 0.5) is 0 Å². The molecule has 2 nitrogen and oxygen atoms in total. The van der Waals surface area contributed by atoms with Gasteiger partial charge in [-0.05, 0) is 29.8 Å². The van der Waals surface area contributed by atoms with Gasteiger partial charge in [0.2, 0.25) is 0 Å². The van der Waals surface area contributed by atoms with Crippen LogP contribution in [0.2, 0.25) is 5.15 Å². The van der Waals surface area contributed by atoms with Gasteiger partial charge in [-0.3, -0.25) is 4.98 Å². The highest BCUT2D eigenvalue weighted by atomic mass is 35.5.